The fourth-order valence-corrected chi connectivity index (χ4v) is 2.61. The number of nitrogens with two attached hydrogens (primary N) is 1. The van der Waals surface area contributed by atoms with Crippen molar-refractivity contribution in [3.63, 3.8) is 0 Å². The molecule has 7 heteroatoms. The molecule has 0 aliphatic rings. The minimum absolute atomic E-state index is 0.184. The predicted molar refractivity (Wildman–Crippen MR) is 76.4 cm³/mol. The SMILES string of the molecule is Cc1ccccc1N(C(N)=O)c1nc(CC(=O)O)cs1. The quantitative estimate of drug-likeness (QED) is 0.903. The highest BCUT2D eigenvalue weighted by molar-refractivity contribution is 7.14. The minimum atomic E-state index is -0.969. The molecule has 0 saturated carbocycles. The molecule has 2 rings (SSSR count). The number of carboxylic acids is 1. The highest BCUT2D eigenvalue weighted by Gasteiger charge is 2.20. The Labute approximate surface area is 119 Å². The van der Waals surface area contributed by atoms with E-state index in [4.69, 9.17) is 10.8 Å². The van der Waals surface area contributed by atoms with Gasteiger partial charge in [0.15, 0.2) is 5.13 Å². The summed E-state index contributed by atoms with van der Waals surface area (Å²) in [6, 6.07) is 6.62. The lowest BCUT2D eigenvalue weighted by atomic mass is 10.2. The average Bonchev–Trinajstić information content (AvgIpc) is 2.79. The van der Waals surface area contributed by atoms with E-state index in [1.807, 2.05) is 19.1 Å². The molecule has 0 aliphatic heterocycles. The number of hydrogen-bond donors (Lipinski definition) is 2. The second-order valence-electron chi connectivity index (χ2n) is 4.15. The van der Waals surface area contributed by atoms with Gasteiger partial charge in [0.05, 0.1) is 17.8 Å². The van der Waals surface area contributed by atoms with Crippen LogP contribution in [0.25, 0.3) is 0 Å². The lowest BCUT2D eigenvalue weighted by Gasteiger charge is -2.19. The van der Waals surface area contributed by atoms with Gasteiger partial charge < -0.3 is 10.8 Å². The van der Waals surface area contributed by atoms with Gasteiger partial charge in [-0.15, -0.1) is 11.3 Å². The Bertz CT molecular complexity index is 654. The highest BCUT2D eigenvalue weighted by Crippen LogP contribution is 2.30. The number of aryl methyl sites for hydroxylation is 1. The number of aromatic nitrogens is 1. The number of thiazole rings is 1. The standard InChI is InChI=1S/C13H13N3O3S/c1-8-4-2-3-5-10(8)16(12(14)19)13-15-9(7-20-13)6-11(17)18/h2-5,7H,6H2,1H3,(H2,14,19)(H,17,18). The molecule has 0 atom stereocenters. The van der Waals surface area contributed by atoms with Gasteiger partial charge >= 0.3 is 12.0 Å². The van der Waals surface area contributed by atoms with E-state index in [9.17, 15) is 9.59 Å². The summed E-state index contributed by atoms with van der Waals surface area (Å²) in [5, 5.41) is 10.7. The third kappa shape index (κ3) is 2.94. The smallest absolute Gasteiger partial charge is 0.325 e. The molecule has 0 aliphatic carbocycles. The Morgan fingerprint density at radius 2 is 2.10 bits per heavy atom. The summed E-state index contributed by atoms with van der Waals surface area (Å²) < 4.78 is 0. The zero-order valence-electron chi connectivity index (χ0n) is 10.7. The van der Waals surface area contributed by atoms with Crippen LogP contribution in [0.15, 0.2) is 29.6 Å². The number of aliphatic carboxylic acids is 1. The first kappa shape index (κ1) is 14.0. The predicted octanol–water partition coefficient (Wildman–Crippen LogP) is 2.30. The van der Waals surface area contributed by atoms with Gasteiger partial charge in [0.25, 0.3) is 0 Å². The maximum Gasteiger partial charge on any atom is 0.325 e. The summed E-state index contributed by atoms with van der Waals surface area (Å²) in [6.07, 6.45) is -0.184. The number of rotatable bonds is 4. The molecule has 0 unspecified atom stereocenters. The summed E-state index contributed by atoms with van der Waals surface area (Å²) >= 11 is 1.18. The van der Waals surface area contributed by atoms with Crippen LogP contribution in [0.1, 0.15) is 11.3 Å². The first-order chi connectivity index (χ1) is 9.49. The molecule has 1 aromatic carbocycles. The van der Waals surface area contributed by atoms with Crippen molar-refractivity contribution >= 4 is 34.2 Å². The van der Waals surface area contributed by atoms with E-state index in [-0.39, 0.29) is 6.42 Å². The number of hydrogen-bond acceptors (Lipinski definition) is 4. The van der Waals surface area contributed by atoms with Gasteiger partial charge in [-0.1, -0.05) is 18.2 Å². The number of primary amides is 1. The molecule has 6 nitrogen and oxygen atoms in total. The van der Waals surface area contributed by atoms with Crippen LogP contribution >= 0.6 is 11.3 Å². The van der Waals surface area contributed by atoms with E-state index in [0.717, 1.165) is 5.56 Å². The maximum absolute atomic E-state index is 11.7. The number of carbonyl (C=O) groups is 2. The minimum Gasteiger partial charge on any atom is -0.481 e. The molecule has 104 valence electrons. The molecule has 2 aromatic rings. The normalized spacial score (nSPS) is 10.2. The zero-order chi connectivity index (χ0) is 14.7. The Hall–Kier alpha value is -2.41. The molecule has 0 fully saturated rings. The second-order valence-corrected chi connectivity index (χ2v) is 4.99. The molecule has 0 spiro atoms. The third-order valence-electron chi connectivity index (χ3n) is 2.64. The summed E-state index contributed by atoms with van der Waals surface area (Å²) in [5.41, 5.74) is 7.33. The van der Waals surface area contributed by atoms with Crippen molar-refractivity contribution in [2.24, 2.45) is 5.73 Å². The van der Waals surface area contributed by atoms with Crippen LogP contribution in [-0.2, 0) is 11.2 Å². The van der Waals surface area contributed by atoms with Crippen molar-refractivity contribution in [3.05, 3.63) is 40.9 Å². The molecule has 2 amide bonds. The fourth-order valence-electron chi connectivity index (χ4n) is 1.77. The molecule has 3 N–H and O–H groups in total. The van der Waals surface area contributed by atoms with E-state index in [0.29, 0.717) is 16.5 Å². The van der Waals surface area contributed by atoms with Gasteiger partial charge in [0.1, 0.15) is 0 Å². The van der Waals surface area contributed by atoms with Crippen LogP contribution in [0.5, 0.6) is 0 Å². The summed E-state index contributed by atoms with van der Waals surface area (Å²) in [5.74, 6) is -0.969. The van der Waals surface area contributed by atoms with Crippen LogP contribution in [0.2, 0.25) is 0 Å². The largest absolute Gasteiger partial charge is 0.481 e. The number of carboxylic acid groups (broad SMARTS) is 1. The first-order valence-electron chi connectivity index (χ1n) is 5.80. The number of para-hydroxylation sites is 1. The van der Waals surface area contributed by atoms with Gasteiger partial charge in [-0.2, -0.15) is 0 Å². The van der Waals surface area contributed by atoms with E-state index in [2.05, 4.69) is 4.98 Å². The van der Waals surface area contributed by atoms with Crippen LogP contribution in [0, 0.1) is 6.92 Å². The Morgan fingerprint density at radius 1 is 1.40 bits per heavy atom. The van der Waals surface area contributed by atoms with Gasteiger partial charge in [-0.25, -0.2) is 14.7 Å². The molecule has 0 saturated heterocycles. The Balaban J connectivity index is 2.39. The fraction of sp³-hybridized carbons (Fsp3) is 0.154. The molecular weight excluding hydrogens is 278 g/mol. The van der Waals surface area contributed by atoms with Crippen molar-refractivity contribution in [3.8, 4) is 0 Å². The van der Waals surface area contributed by atoms with Crippen molar-refractivity contribution < 1.29 is 14.7 Å². The van der Waals surface area contributed by atoms with Crippen molar-refractivity contribution in [1.82, 2.24) is 4.98 Å². The van der Waals surface area contributed by atoms with Crippen molar-refractivity contribution in [2.75, 3.05) is 4.90 Å². The van der Waals surface area contributed by atoms with Gasteiger partial charge in [0.2, 0.25) is 0 Å². The molecule has 1 heterocycles. The Kier molecular flexibility index (Phi) is 3.99. The molecule has 20 heavy (non-hydrogen) atoms. The lowest BCUT2D eigenvalue weighted by Crippen LogP contribution is -2.31. The number of carbonyl (C=O) groups excluding carboxylic acids is 1. The first-order valence-corrected chi connectivity index (χ1v) is 6.68. The van der Waals surface area contributed by atoms with Gasteiger partial charge in [-0.05, 0) is 18.6 Å². The third-order valence-corrected chi connectivity index (χ3v) is 3.51. The maximum atomic E-state index is 11.7. The molecular formula is C13H13N3O3S. The number of amides is 2. The van der Waals surface area contributed by atoms with E-state index < -0.39 is 12.0 Å². The monoisotopic (exact) mass is 291 g/mol. The van der Waals surface area contributed by atoms with Gasteiger partial charge in [0, 0.05) is 5.38 Å². The van der Waals surface area contributed by atoms with E-state index in [1.165, 1.54) is 16.2 Å². The average molecular weight is 291 g/mol. The zero-order valence-corrected chi connectivity index (χ0v) is 11.6. The second kappa shape index (κ2) is 5.70. The van der Waals surface area contributed by atoms with E-state index in [1.54, 1.807) is 17.5 Å². The van der Waals surface area contributed by atoms with Crippen LogP contribution in [0.4, 0.5) is 15.6 Å². The topological polar surface area (TPSA) is 96.5 Å². The van der Waals surface area contributed by atoms with Crippen molar-refractivity contribution in [2.45, 2.75) is 13.3 Å². The number of benzene rings is 1. The molecule has 1 aromatic heterocycles. The van der Waals surface area contributed by atoms with Crippen LogP contribution in [0.3, 0.4) is 0 Å². The highest BCUT2D eigenvalue weighted by atomic mass is 32.1. The number of anilines is 2. The van der Waals surface area contributed by atoms with Crippen LogP contribution in [-0.4, -0.2) is 22.1 Å². The van der Waals surface area contributed by atoms with E-state index >= 15 is 0 Å². The number of urea groups is 1. The molecule has 0 radical (unpaired) electrons. The summed E-state index contributed by atoms with van der Waals surface area (Å²) in [4.78, 5) is 27.8. The summed E-state index contributed by atoms with van der Waals surface area (Å²) in [7, 11) is 0. The van der Waals surface area contributed by atoms with Crippen molar-refractivity contribution in [1.29, 1.82) is 0 Å². The summed E-state index contributed by atoms with van der Waals surface area (Å²) in [6.45, 7) is 1.86. The van der Waals surface area contributed by atoms with Gasteiger partial charge in [-0.3, -0.25) is 4.79 Å². The Morgan fingerprint density at radius 3 is 2.70 bits per heavy atom. The number of nitrogens with zero attached hydrogens (tertiary/aromatic N) is 2. The molecule has 0 bridgehead atoms. The van der Waals surface area contributed by atoms with Crippen LogP contribution < -0.4 is 10.6 Å². The lowest BCUT2D eigenvalue weighted by molar-refractivity contribution is -0.136.